The average Bonchev–Trinajstić information content (AvgIpc) is 3.27. The maximum absolute atomic E-state index is 13.4. The number of benzene rings is 3. The van der Waals surface area contributed by atoms with Gasteiger partial charge in [0.1, 0.15) is 12.0 Å². The van der Waals surface area contributed by atoms with Crippen molar-refractivity contribution in [1.29, 1.82) is 0 Å². The predicted octanol–water partition coefficient (Wildman–Crippen LogP) is 3.78. The summed E-state index contributed by atoms with van der Waals surface area (Å²) in [6, 6.07) is 25.9. The number of para-hydroxylation sites is 1. The van der Waals surface area contributed by atoms with Gasteiger partial charge in [0.25, 0.3) is 5.91 Å². The third kappa shape index (κ3) is 2.74. The Kier molecular flexibility index (Phi) is 4.02. The molecule has 2 amide bonds. The third-order valence-corrected chi connectivity index (χ3v) is 5.43. The van der Waals surface area contributed by atoms with Gasteiger partial charge in [0.05, 0.1) is 17.1 Å². The maximum atomic E-state index is 13.4. The van der Waals surface area contributed by atoms with Crippen LogP contribution in [0.25, 0.3) is 0 Å². The van der Waals surface area contributed by atoms with E-state index in [1.165, 1.54) is 4.90 Å². The fourth-order valence-electron chi connectivity index (χ4n) is 4.00. The van der Waals surface area contributed by atoms with E-state index in [2.05, 4.69) is 0 Å². The minimum atomic E-state index is -0.679. The molecule has 3 aromatic carbocycles. The Morgan fingerprint density at radius 2 is 1.34 bits per heavy atom. The number of rotatable bonds is 3. The van der Waals surface area contributed by atoms with Crippen molar-refractivity contribution in [3.8, 4) is 0 Å². The summed E-state index contributed by atoms with van der Waals surface area (Å²) in [6.45, 7) is 1.98. The molecule has 0 bridgehead atoms. The number of hydrazone groups is 1. The molecule has 1 fully saturated rings. The van der Waals surface area contributed by atoms with Gasteiger partial charge in [-0.15, -0.1) is 0 Å². The summed E-state index contributed by atoms with van der Waals surface area (Å²) in [4.78, 5) is 28.2. The number of amides is 2. The third-order valence-electron chi connectivity index (χ3n) is 5.43. The van der Waals surface area contributed by atoms with Crippen LogP contribution in [-0.4, -0.2) is 23.6 Å². The standard InChI is InChI=1S/C24H19N3O2/c1-16-12-14-18(15-13-16)26-23(28)20-21(17-8-4-2-5-9-17)25-27(22(20)24(26)29)19-10-6-3-7-11-19/h2-15,20,22H,1H3. The Bertz CT molecular complexity index is 1110. The molecular weight excluding hydrogens is 362 g/mol. The quantitative estimate of drug-likeness (QED) is 0.649. The minimum absolute atomic E-state index is 0.232. The highest BCUT2D eigenvalue weighted by atomic mass is 16.2. The summed E-state index contributed by atoms with van der Waals surface area (Å²) >= 11 is 0. The van der Waals surface area contributed by atoms with Crippen LogP contribution in [0.2, 0.25) is 0 Å². The molecular formula is C24H19N3O2. The molecule has 5 heteroatoms. The molecule has 0 radical (unpaired) electrons. The van der Waals surface area contributed by atoms with E-state index < -0.39 is 12.0 Å². The SMILES string of the molecule is Cc1ccc(N2C(=O)C3C(c4ccccc4)=NN(c4ccccc4)C3C2=O)cc1. The highest BCUT2D eigenvalue weighted by molar-refractivity contribution is 6.34. The van der Waals surface area contributed by atoms with Gasteiger partial charge < -0.3 is 0 Å². The zero-order valence-corrected chi connectivity index (χ0v) is 15.9. The molecule has 2 atom stereocenters. The van der Waals surface area contributed by atoms with E-state index in [9.17, 15) is 9.59 Å². The fraction of sp³-hybridized carbons (Fsp3) is 0.125. The number of carbonyl (C=O) groups is 2. The van der Waals surface area contributed by atoms with Crippen LogP contribution in [0.3, 0.4) is 0 Å². The molecule has 3 aromatic rings. The zero-order chi connectivity index (χ0) is 20.0. The van der Waals surface area contributed by atoms with Crippen molar-refractivity contribution in [3.05, 3.63) is 96.1 Å². The Labute approximate surface area is 168 Å². The Balaban J connectivity index is 1.63. The van der Waals surface area contributed by atoms with E-state index in [0.717, 1.165) is 16.8 Å². The lowest BCUT2D eigenvalue weighted by molar-refractivity contribution is -0.121. The van der Waals surface area contributed by atoms with E-state index in [0.29, 0.717) is 11.4 Å². The van der Waals surface area contributed by atoms with Crippen molar-refractivity contribution in [3.63, 3.8) is 0 Å². The largest absolute Gasteiger partial charge is 0.273 e. The second kappa shape index (κ2) is 6.71. The van der Waals surface area contributed by atoms with Crippen molar-refractivity contribution < 1.29 is 9.59 Å². The molecule has 0 spiro atoms. The molecule has 142 valence electrons. The van der Waals surface area contributed by atoms with E-state index >= 15 is 0 Å². The summed E-state index contributed by atoms with van der Waals surface area (Å²) in [5.41, 5.74) is 3.95. The number of imide groups is 1. The molecule has 0 aliphatic carbocycles. The van der Waals surface area contributed by atoms with Crippen LogP contribution in [0.5, 0.6) is 0 Å². The Morgan fingerprint density at radius 3 is 2.00 bits per heavy atom. The number of nitrogens with zero attached hydrogens (tertiary/aromatic N) is 3. The van der Waals surface area contributed by atoms with Crippen molar-refractivity contribution in [2.75, 3.05) is 9.91 Å². The summed E-state index contributed by atoms with van der Waals surface area (Å²) in [5, 5.41) is 6.43. The zero-order valence-electron chi connectivity index (χ0n) is 15.9. The molecule has 1 saturated heterocycles. The highest BCUT2D eigenvalue weighted by Crippen LogP contribution is 2.39. The van der Waals surface area contributed by atoms with E-state index in [-0.39, 0.29) is 11.8 Å². The topological polar surface area (TPSA) is 53.0 Å². The van der Waals surface area contributed by atoms with Gasteiger partial charge in [-0.3, -0.25) is 14.6 Å². The van der Waals surface area contributed by atoms with Gasteiger partial charge in [0, 0.05) is 0 Å². The molecule has 29 heavy (non-hydrogen) atoms. The molecule has 0 N–H and O–H groups in total. The fourth-order valence-corrected chi connectivity index (χ4v) is 4.00. The Hall–Kier alpha value is -3.73. The van der Waals surface area contributed by atoms with Crippen LogP contribution in [0.1, 0.15) is 11.1 Å². The molecule has 2 heterocycles. The number of hydrogen-bond acceptors (Lipinski definition) is 4. The predicted molar refractivity (Wildman–Crippen MR) is 113 cm³/mol. The number of fused-ring (bicyclic) bond motifs is 1. The van der Waals surface area contributed by atoms with E-state index in [1.54, 1.807) is 5.01 Å². The highest BCUT2D eigenvalue weighted by Gasteiger charge is 2.57. The summed E-state index contributed by atoms with van der Waals surface area (Å²) in [6.07, 6.45) is 0. The van der Waals surface area contributed by atoms with Gasteiger partial charge in [0.2, 0.25) is 5.91 Å². The smallest absolute Gasteiger partial charge is 0.259 e. The van der Waals surface area contributed by atoms with Gasteiger partial charge in [-0.05, 0) is 36.8 Å². The van der Waals surface area contributed by atoms with Crippen molar-refractivity contribution in [2.45, 2.75) is 13.0 Å². The van der Waals surface area contributed by atoms with E-state index in [4.69, 9.17) is 5.10 Å². The van der Waals surface area contributed by atoms with Crippen LogP contribution in [0.15, 0.2) is 90.0 Å². The van der Waals surface area contributed by atoms with Gasteiger partial charge in [0.15, 0.2) is 0 Å². The van der Waals surface area contributed by atoms with Gasteiger partial charge in [-0.25, -0.2) is 4.90 Å². The maximum Gasteiger partial charge on any atom is 0.259 e. The molecule has 2 unspecified atom stereocenters. The number of hydrogen-bond donors (Lipinski definition) is 0. The van der Waals surface area contributed by atoms with Gasteiger partial charge in [-0.2, -0.15) is 5.10 Å². The van der Waals surface area contributed by atoms with Crippen LogP contribution in [-0.2, 0) is 9.59 Å². The monoisotopic (exact) mass is 381 g/mol. The molecule has 2 aliphatic heterocycles. The average molecular weight is 381 g/mol. The second-order valence-corrected chi connectivity index (χ2v) is 7.30. The minimum Gasteiger partial charge on any atom is -0.273 e. The molecule has 0 saturated carbocycles. The first kappa shape index (κ1) is 17.4. The van der Waals surface area contributed by atoms with Crippen molar-refractivity contribution >= 4 is 28.9 Å². The summed E-state index contributed by atoms with van der Waals surface area (Å²) in [7, 11) is 0. The first-order valence-electron chi connectivity index (χ1n) is 9.58. The van der Waals surface area contributed by atoms with Crippen LogP contribution < -0.4 is 9.91 Å². The van der Waals surface area contributed by atoms with E-state index in [1.807, 2.05) is 91.9 Å². The lowest BCUT2D eigenvalue weighted by Crippen LogP contribution is -2.39. The lowest BCUT2D eigenvalue weighted by atomic mass is 9.93. The van der Waals surface area contributed by atoms with Crippen LogP contribution >= 0.6 is 0 Å². The molecule has 2 aliphatic rings. The van der Waals surface area contributed by atoms with Gasteiger partial charge in [-0.1, -0.05) is 66.2 Å². The molecule has 5 rings (SSSR count). The number of carbonyl (C=O) groups excluding carboxylic acids is 2. The van der Waals surface area contributed by atoms with Crippen LogP contribution in [0.4, 0.5) is 11.4 Å². The molecule has 5 nitrogen and oxygen atoms in total. The summed E-state index contributed by atoms with van der Waals surface area (Å²) < 4.78 is 0. The number of aryl methyl sites for hydroxylation is 1. The van der Waals surface area contributed by atoms with Crippen LogP contribution in [0, 0.1) is 12.8 Å². The lowest BCUT2D eigenvalue weighted by Gasteiger charge is -2.22. The van der Waals surface area contributed by atoms with Gasteiger partial charge >= 0.3 is 0 Å². The first-order chi connectivity index (χ1) is 14.1. The summed E-state index contributed by atoms with van der Waals surface area (Å²) in [5.74, 6) is -1.11. The Morgan fingerprint density at radius 1 is 0.724 bits per heavy atom. The first-order valence-corrected chi connectivity index (χ1v) is 9.58. The molecule has 0 aromatic heterocycles. The number of anilines is 2. The second-order valence-electron chi connectivity index (χ2n) is 7.30. The normalized spacial score (nSPS) is 20.8. The van der Waals surface area contributed by atoms with Crippen molar-refractivity contribution in [1.82, 2.24) is 0 Å². The van der Waals surface area contributed by atoms with Crippen molar-refractivity contribution in [2.24, 2.45) is 11.0 Å².